The molecule has 23 heavy (non-hydrogen) atoms. The first-order valence-corrected chi connectivity index (χ1v) is 7.58. The van der Waals surface area contributed by atoms with Crippen molar-refractivity contribution in [2.75, 3.05) is 19.9 Å². The standard InChI is InChI=1S/C16H19NO6/c18-14(3-4-15(19)20)17-7-5-16(21,6-8-17)11-1-2-12-13(9-11)23-10-22-12/h1-2,9,21H,3-8,10H2,(H,19,20)/p-1. The van der Waals surface area contributed by atoms with E-state index in [0.29, 0.717) is 37.4 Å². The fraction of sp³-hybridized carbons (Fsp3) is 0.500. The van der Waals surface area contributed by atoms with Crippen LogP contribution in [-0.2, 0) is 15.2 Å². The lowest BCUT2D eigenvalue weighted by atomic mass is 9.84. The van der Waals surface area contributed by atoms with E-state index < -0.39 is 11.6 Å². The molecule has 124 valence electrons. The number of benzene rings is 1. The number of aliphatic hydroxyl groups is 1. The minimum Gasteiger partial charge on any atom is -0.550 e. The molecular formula is C16H18NO6-. The molecule has 0 bridgehead atoms. The number of piperidine rings is 1. The van der Waals surface area contributed by atoms with E-state index in [0.717, 1.165) is 5.56 Å². The van der Waals surface area contributed by atoms with Gasteiger partial charge in [-0.05, 0) is 37.0 Å². The molecule has 1 aromatic carbocycles. The Morgan fingerprint density at radius 3 is 2.57 bits per heavy atom. The van der Waals surface area contributed by atoms with Crippen molar-refractivity contribution in [1.82, 2.24) is 4.90 Å². The summed E-state index contributed by atoms with van der Waals surface area (Å²) in [6.45, 7) is 0.950. The average Bonchev–Trinajstić information content (AvgIpc) is 3.01. The van der Waals surface area contributed by atoms with E-state index in [1.165, 1.54) is 0 Å². The highest BCUT2D eigenvalue weighted by molar-refractivity contribution is 5.80. The molecule has 0 saturated carbocycles. The van der Waals surface area contributed by atoms with Crippen LogP contribution in [0.3, 0.4) is 0 Å². The molecule has 1 aromatic rings. The number of carbonyl (C=O) groups excluding carboxylic acids is 2. The lowest BCUT2D eigenvalue weighted by Gasteiger charge is -2.38. The monoisotopic (exact) mass is 320 g/mol. The summed E-state index contributed by atoms with van der Waals surface area (Å²) < 4.78 is 10.6. The second-order valence-corrected chi connectivity index (χ2v) is 5.85. The zero-order valence-corrected chi connectivity index (χ0v) is 12.6. The van der Waals surface area contributed by atoms with Crippen LogP contribution >= 0.6 is 0 Å². The Bertz CT molecular complexity index is 621. The SMILES string of the molecule is O=C([O-])CCC(=O)N1CCC(O)(c2ccc3c(c2)OCO3)CC1. The number of carboxylic acids is 1. The highest BCUT2D eigenvalue weighted by atomic mass is 16.7. The Hall–Kier alpha value is -2.28. The van der Waals surface area contributed by atoms with E-state index in [1.54, 1.807) is 23.1 Å². The Kier molecular flexibility index (Phi) is 4.12. The van der Waals surface area contributed by atoms with Gasteiger partial charge in [0.25, 0.3) is 0 Å². The van der Waals surface area contributed by atoms with E-state index in [2.05, 4.69) is 0 Å². The van der Waals surface area contributed by atoms with Gasteiger partial charge in [0, 0.05) is 25.5 Å². The van der Waals surface area contributed by atoms with Crippen molar-refractivity contribution in [3.63, 3.8) is 0 Å². The summed E-state index contributed by atoms with van der Waals surface area (Å²) in [5.74, 6) is -0.176. The summed E-state index contributed by atoms with van der Waals surface area (Å²) in [7, 11) is 0. The van der Waals surface area contributed by atoms with Crippen LogP contribution < -0.4 is 14.6 Å². The van der Waals surface area contributed by atoms with Crippen LogP contribution in [0, 0.1) is 0 Å². The molecular weight excluding hydrogens is 302 g/mol. The quantitative estimate of drug-likeness (QED) is 0.822. The van der Waals surface area contributed by atoms with Crippen LogP contribution in [0.15, 0.2) is 18.2 Å². The number of amides is 1. The normalized spacial score (nSPS) is 18.7. The number of carboxylic acid groups (broad SMARTS) is 1. The number of rotatable bonds is 4. The van der Waals surface area contributed by atoms with Gasteiger partial charge in [-0.15, -0.1) is 0 Å². The second-order valence-electron chi connectivity index (χ2n) is 5.85. The van der Waals surface area contributed by atoms with Gasteiger partial charge in [0.1, 0.15) is 0 Å². The van der Waals surface area contributed by atoms with Gasteiger partial charge in [-0.1, -0.05) is 6.07 Å². The number of hydrogen-bond donors (Lipinski definition) is 1. The highest BCUT2D eigenvalue weighted by Crippen LogP contribution is 2.39. The predicted octanol–water partition coefficient (Wildman–Crippen LogP) is -0.245. The van der Waals surface area contributed by atoms with Crippen LogP contribution in [0.5, 0.6) is 11.5 Å². The first-order valence-electron chi connectivity index (χ1n) is 7.58. The summed E-state index contributed by atoms with van der Waals surface area (Å²) >= 11 is 0. The van der Waals surface area contributed by atoms with E-state index in [1.807, 2.05) is 0 Å². The first-order chi connectivity index (χ1) is 11.0. The molecule has 2 heterocycles. The molecule has 0 spiro atoms. The fourth-order valence-corrected chi connectivity index (χ4v) is 2.97. The smallest absolute Gasteiger partial charge is 0.231 e. The number of hydrogen-bond acceptors (Lipinski definition) is 6. The molecule has 0 aromatic heterocycles. The molecule has 3 rings (SSSR count). The van der Waals surface area contributed by atoms with E-state index in [4.69, 9.17) is 9.47 Å². The van der Waals surface area contributed by atoms with Gasteiger partial charge in [0.05, 0.1) is 5.60 Å². The molecule has 0 atom stereocenters. The molecule has 2 aliphatic heterocycles. The maximum Gasteiger partial charge on any atom is 0.231 e. The molecule has 0 unspecified atom stereocenters. The zero-order chi connectivity index (χ0) is 16.4. The maximum absolute atomic E-state index is 11.9. The van der Waals surface area contributed by atoms with Gasteiger partial charge < -0.3 is 29.4 Å². The Morgan fingerprint density at radius 1 is 1.17 bits per heavy atom. The lowest BCUT2D eigenvalue weighted by molar-refractivity contribution is -0.305. The van der Waals surface area contributed by atoms with Crippen molar-refractivity contribution < 1.29 is 29.3 Å². The van der Waals surface area contributed by atoms with Crippen LogP contribution in [0.4, 0.5) is 0 Å². The van der Waals surface area contributed by atoms with Crippen LogP contribution in [0.2, 0.25) is 0 Å². The molecule has 7 nitrogen and oxygen atoms in total. The summed E-state index contributed by atoms with van der Waals surface area (Å²) in [6.07, 6.45) is 0.444. The van der Waals surface area contributed by atoms with Gasteiger partial charge >= 0.3 is 0 Å². The molecule has 0 aliphatic carbocycles. The number of aliphatic carboxylic acids is 1. The summed E-state index contributed by atoms with van der Waals surface area (Å²) in [5, 5.41) is 21.3. The third kappa shape index (κ3) is 3.24. The lowest BCUT2D eigenvalue weighted by Crippen LogP contribution is -2.45. The summed E-state index contributed by atoms with van der Waals surface area (Å²) in [6, 6.07) is 5.35. The minimum atomic E-state index is -1.23. The van der Waals surface area contributed by atoms with Gasteiger partial charge in [0.15, 0.2) is 11.5 Å². The first kappa shape index (κ1) is 15.6. The molecule has 1 fully saturated rings. The topological polar surface area (TPSA) is 99.1 Å². The van der Waals surface area contributed by atoms with Crippen molar-refractivity contribution >= 4 is 11.9 Å². The van der Waals surface area contributed by atoms with Crippen LogP contribution in [-0.4, -0.2) is 41.8 Å². The Labute approximate surface area is 133 Å². The molecule has 1 saturated heterocycles. The maximum atomic E-state index is 11.9. The molecule has 1 N–H and O–H groups in total. The number of ether oxygens (including phenoxy) is 2. The number of nitrogens with zero attached hydrogens (tertiary/aromatic N) is 1. The van der Waals surface area contributed by atoms with Crippen molar-refractivity contribution in [3.8, 4) is 11.5 Å². The molecule has 7 heteroatoms. The number of fused-ring (bicyclic) bond motifs is 1. The highest BCUT2D eigenvalue weighted by Gasteiger charge is 2.36. The van der Waals surface area contributed by atoms with Crippen molar-refractivity contribution in [2.24, 2.45) is 0 Å². The zero-order valence-electron chi connectivity index (χ0n) is 12.6. The van der Waals surface area contributed by atoms with E-state index >= 15 is 0 Å². The van der Waals surface area contributed by atoms with Crippen molar-refractivity contribution in [3.05, 3.63) is 23.8 Å². The van der Waals surface area contributed by atoms with Gasteiger partial charge in [-0.2, -0.15) is 0 Å². The molecule has 2 aliphatic rings. The fourth-order valence-electron chi connectivity index (χ4n) is 2.97. The van der Waals surface area contributed by atoms with Crippen molar-refractivity contribution in [2.45, 2.75) is 31.3 Å². The third-order valence-electron chi connectivity index (χ3n) is 4.40. The van der Waals surface area contributed by atoms with E-state index in [-0.39, 0.29) is 25.5 Å². The Morgan fingerprint density at radius 2 is 1.87 bits per heavy atom. The average molecular weight is 320 g/mol. The van der Waals surface area contributed by atoms with Gasteiger partial charge in [0.2, 0.25) is 12.7 Å². The number of likely N-dealkylation sites (tertiary alicyclic amines) is 1. The minimum absolute atomic E-state index is 0.0647. The van der Waals surface area contributed by atoms with Crippen LogP contribution in [0.1, 0.15) is 31.2 Å². The van der Waals surface area contributed by atoms with Crippen LogP contribution in [0.25, 0.3) is 0 Å². The largest absolute Gasteiger partial charge is 0.550 e. The van der Waals surface area contributed by atoms with Gasteiger partial charge in [-0.25, -0.2) is 0 Å². The third-order valence-corrected chi connectivity index (χ3v) is 4.40. The summed E-state index contributed by atoms with van der Waals surface area (Å²) in [5.41, 5.74) is -0.282. The van der Waals surface area contributed by atoms with Gasteiger partial charge in [-0.3, -0.25) is 4.79 Å². The number of carbonyl (C=O) groups is 2. The molecule has 1 amide bonds. The second kappa shape index (κ2) is 6.08. The predicted molar refractivity (Wildman–Crippen MR) is 76.5 cm³/mol. The van der Waals surface area contributed by atoms with Crippen molar-refractivity contribution in [1.29, 1.82) is 0 Å². The van der Waals surface area contributed by atoms with E-state index in [9.17, 15) is 19.8 Å². The molecule has 0 radical (unpaired) electrons. The summed E-state index contributed by atoms with van der Waals surface area (Å²) in [4.78, 5) is 23.9. The Balaban J connectivity index is 1.63.